The standard InChI is InChI=1S/C18H26BrNO/c19-11-12-20(16-6-2-1-3-7-16)14-15-10-13-21-18-9-5-4-8-17(15)18/h4-5,8-9,15-16H,1-3,6-7,10-14H2. The molecule has 0 N–H and O–H groups in total. The monoisotopic (exact) mass is 351 g/mol. The zero-order valence-electron chi connectivity index (χ0n) is 12.8. The molecule has 1 heterocycles. The second-order valence-electron chi connectivity index (χ2n) is 6.35. The van der Waals surface area contributed by atoms with Crippen LogP contribution in [0.5, 0.6) is 5.75 Å². The third-order valence-electron chi connectivity index (χ3n) is 5.00. The minimum Gasteiger partial charge on any atom is -0.493 e. The second kappa shape index (κ2) is 7.64. The fourth-order valence-corrected chi connectivity index (χ4v) is 4.32. The Morgan fingerprint density at radius 3 is 2.71 bits per heavy atom. The van der Waals surface area contributed by atoms with Gasteiger partial charge in [-0.15, -0.1) is 0 Å². The Labute approximate surface area is 137 Å². The highest BCUT2D eigenvalue weighted by Gasteiger charge is 2.27. The number of rotatable bonds is 5. The average molecular weight is 352 g/mol. The summed E-state index contributed by atoms with van der Waals surface area (Å²) in [5.74, 6) is 1.74. The molecule has 0 saturated heterocycles. The van der Waals surface area contributed by atoms with Gasteiger partial charge in [-0.3, -0.25) is 4.90 Å². The number of benzene rings is 1. The van der Waals surface area contributed by atoms with Crippen molar-refractivity contribution in [3.05, 3.63) is 29.8 Å². The summed E-state index contributed by atoms with van der Waals surface area (Å²) >= 11 is 3.65. The molecule has 116 valence electrons. The average Bonchev–Trinajstić information content (AvgIpc) is 2.55. The molecule has 1 aliphatic carbocycles. The Balaban J connectivity index is 1.71. The fraction of sp³-hybridized carbons (Fsp3) is 0.667. The second-order valence-corrected chi connectivity index (χ2v) is 7.14. The van der Waals surface area contributed by atoms with E-state index in [2.05, 4.69) is 45.1 Å². The van der Waals surface area contributed by atoms with Gasteiger partial charge in [0.2, 0.25) is 0 Å². The van der Waals surface area contributed by atoms with E-state index >= 15 is 0 Å². The molecule has 1 saturated carbocycles. The van der Waals surface area contributed by atoms with E-state index in [0.717, 1.165) is 30.1 Å². The van der Waals surface area contributed by atoms with Crippen molar-refractivity contribution in [1.29, 1.82) is 0 Å². The molecule has 1 aliphatic heterocycles. The molecule has 1 aromatic carbocycles. The van der Waals surface area contributed by atoms with E-state index in [9.17, 15) is 0 Å². The van der Waals surface area contributed by atoms with Gasteiger partial charge in [0.15, 0.2) is 0 Å². The van der Waals surface area contributed by atoms with Crippen LogP contribution < -0.4 is 4.74 Å². The first-order valence-electron chi connectivity index (χ1n) is 8.40. The summed E-state index contributed by atoms with van der Waals surface area (Å²) in [6.07, 6.45) is 8.18. The number of hydrogen-bond acceptors (Lipinski definition) is 2. The third kappa shape index (κ3) is 3.81. The van der Waals surface area contributed by atoms with Crippen LogP contribution in [0, 0.1) is 0 Å². The molecule has 21 heavy (non-hydrogen) atoms. The molecule has 2 aliphatic rings. The van der Waals surface area contributed by atoms with E-state index in [4.69, 9.17) is 4.74 Å². The van der Waals surface area contributed by atoms with Crippen molar-refractivity contribution in [3.8, 4) is 5.75 Å². The Bertz CT molecular complexity index is 445. The van der Waals surface area contributed by atoms with Crippen LogP contribution in [0.25, 0.3) is 0 Å². The van der Waals surface area contributed by atoms with Crippen LogP contribution in [0.2, 0.25) is 0 Å². The minimum absolute atomic E-state index is 0.635. The molecule has 2 nitrogen and oxygen atoms in total. The van der Waals surface area contributed by atoms with Gasteiger partial charge < -0.3 is 4.74 Å². The zero-order chi connectivity index (χ0) is 14.5. The van der Waals surface area contributed by atoms with Crippen LogP contribution in [0.15, 0.2) is 24.3 Å². The number of halogens is 1. The highest BCUT2D eigenvalue weighted by Crippen LogP contribution is 2.35. The highest BCUT2D eigenvalue weighted by molar-refractivity contribution is 9.09. The third-order valence-corrected chi connectivity index (χ3v) is 5.36. The van der Waals surface area contributed by atoms with Crippen LogP contribution in [0.4, 0.5) is 0 Å². The van der Waals surface area contributed by atoms with Gasteiger partial charge in [-0.1, -0.05) is 53.4 Å². The summed E-state index contributed by atoms with van der Waals surface area (Å²) in [6.45, 7) is 3.23. The number of para-hydroxylation sites is 1. The molecule has 1 atom stereocenters. The van der Waals surface area contributed by atoms with Gasteiger partial charge in [0, 0.05) is 30.4 Å². The number of nitrogens with zero attached hydrogens (tertiary/aromatic N) is 1. The maximum absolute atomic E-state index is 5.81. The Kier molecular flexibility index (Phi) is 5.59. The number of fused-ring (bicyclic) bond motifs is 1. The van der Waals surface area contributed by atoms with Gasteiger partial charge in [0.25, 0.3) is 0 Å². The normalized spacial score (nSPS) is 22.9. The van der Waals surface area contributed by atoms with E-state index in [1.165, 1.54) is 50.8 Å². The summed E-state index contributed by atoms with van der Waals surface area (Å²) in [5, 5.41) is 1.08. The molecule has 1 aromatic rings. The van der Waals surface area contributed by atoms with Crippen molar-refractivity contribution < 1.29 is 4.74 Å². The first kappa shape index (κ1) is 15.4. The van der Waals surface area contributed by atoms with Crippen LogP contribution in [0.1, 0.15) is 50.0 Å². The van der Waals surface area contributed by atoms with Crippen molar-refractivity contribution in [2.24, 2.45) is 0 Å². The number of ether oxygens (including phenoxy) is 1. The summed E-state index contributed by atoms with van der Waals surface area (Å²) in [5.41, 5.74) is 1.42. The lowest BCUT2D eigenvalue weighted by atomic mass is 9.89. The molecule has 1 fully saturated rings. The van der Waals surface area contributed by atoms with E-state index in [-0.39, 0.29) is 0 Å². The molecule has 0 radical (unpaired) electrons. The van der Waals surface area contributed by atoms with E-state index in [1.807, 2.05) is 0 Å². The lowest BCUT2D eigenvalue weighted by Crippen LogP contribution is -2.41. The van der Waals surface area contributed by atoms with E-state index < -0.39 is 0 Å². The van der Waals surface area contributed by atoms with E-state index in [1.54, 1.807) is 0 Å². The SMILES string of the molecule is BrCCN(CC1CCOc2ccccc21)C1CCCCC1. The topological polar surface area (TPSA) is 12.5 Å². The first-order valence-corrected chi connectivity index (χ1v) is 9.52. The minimum atomic E-state index is 0.635. The largest absolute Gasteiger partial charge is 0.493 e. The molecule has 1 unspecified atom stereocenters. The van der Waals surface area contributed by atoms with Crippen LogP contribution in [0.3, 0.4) is 0 Å². The predicted molar refractivity (Wildman–Crippen MR) is 91.5 cm³/mol. The molecule has 0 bridgehead atoms. The van der Waals surface area contributed by atoms with Gasteiger partial charge >= 0.3 is 0 Å². The Hall–Kier alpha value is -0.540. The molecule has 0 amide bonds. The van der Waals surface area contributed by atoms with Crippen molar-refractivity contribution in [2.45, 2.75) is 50.5 Å². The molecular formula is C18H26BrNO. The van der Waals surface area contributed by atoms with Crippen molar-refractivity contribution in [2.75, 3.05) is 25.0 Å². The van der Waals surface area contributed by atoms with Gasteiger partial charge in [0.1, 0.15) is 5.75 Å². The summed E-state index contributed by atoms with van der Waals surface area (Å²) in [6, 6.07) is 9.41. The summed E-state index contributed by atoms with van der Waals surface area (Å²) in [4.78, 5) is 2.74. The molecule has 0 spiro atoms. The first-order chi connectivity index (χ1) is 10.4. The van der Waals surface area contributed by atoms with Crippen molar-refractivity contribution >= 4 is 15.9 Å². The number of alkyl halides is 1. The van der Waals surface area contributed by atoms with Gasteiger partial charge in [-0.25, -0.2) is 0 Å². The van der Waals surface area contributed by atoms with Crippen molar-refractivity contribution in [3.63, 3.8) is 0 Å². The Morgan fingerprint density at radius 1 is 1.10 bits per heavy atom. The lowest BCUT2D eigenvalue weighted by Gasteiger charge is -2.37. The molecule has 0 aromatic heterocycles. The molecule has 3 heteroatoms. The fourth-order valence-electron chi connectivity index (χ4n) is 3.87. The number of hydrogen-bond donors (Lipinski definition) is 0. The Morgan fingerprint density at radius 2 is 1.90 bits per heavy atom. The molecule has 3 rings (SSSR count). The summed E-state index contributed by atoms with van der Waals surface area (Å²) < 4.78 is 5.81. The van der Waals surface area contributed by atoms with E-state index in [0.29, 0.717) is 5.92 Å². The van der Waals surface area contributed by atoms with Crippen LogP contribution in [-0.2, 0) is 0 Å². The highest BCUT2D eigenvalue weighted by atomic mass is 79.9. The quantitative estimate of drug-likeness (QED) is 0.719. The lowest BCUT2D eigenvalue weighted by molar-refractivity contribution is 0.143. The maximum atomic E-state index is 5.81. The van der Waals surface area contributed by atoms with Crippen LogP contribution >= 0.6 is 15.9 Å². The van der Waals surface area contributed by atoms with Crippen molar-refractivity contribution in [1.82, 2.24) is 4.90 Å². The zero-order valence-corrected chi connectivity index (χ0v) is 14.4. The van der Waals surface area contributed by atoms with Gasteiger partial charge in [-0.2, -0.15) is 0 Å². The van der Waals surface area contributed by atoms with Gasteiger partial charge in [0.05, 0.1) is 6.61 Å². The molecular weight excluding hydrogens is 326 g/mol. The maximum Gasteiger partial charge on any atom is 0.122 e. The van der Waals surface area contributed by atoms with Gasteiger partial charge in [-0.05, 0) is 30.9 Å². The smallest absolute Gasteiger partial charge is 0.122 e. The predicted octanol–water partition coefficient (Wildman–Crippen LogP) is 4.58. The summed E-state index contributed by atoms with van der Waals surface area (Å²) in [7, 11) is 0. The van der Waals surface area contributed by atoms with Crippen LogP contribution in [-0.4, -0.2) is 36.0 Å².